The first-order valence-corrected chi connectivity index (χ1v) is 13.2. The molecule has 1 aliphatic heterocycles. The molecule has 184 valence electrons. The molecular formula is C33H30BFO2. The van der Waals surface area contributed by atoms with E-state index in [1.54, 1.807) is 12.1 Å². The van der Waals surface area contributed by atoms with E-state index in [0.717, 1.165) is 34.1 Å². The Kier molecular flexibility index (Phi) is 4.61. The van der Waals surface area contributed by atoms with Gasteiger partial charge in [-0.2, -0.15) is 0 Å². The lowest BCUT2D eigenvalue weighted by atomic mass is 9.63. The Morgan fingerprint density at radius 1 is 0.676 bits per heavy atom. The van der Waals surface area contributed by atoms with Crippen molar-refractivity contribution in [2.24, 2.45) is 0 Å². The van der Waals surface area contributed by atoms with E-state index in [1.165, 1.54) is 27.8 Å². The highest BCUT2D eigenvalue weighted by molar-refractivity contribution is 6.63. The van der Waals surface area contributed by atoms with Crippen LogP contribution in [0.15, 0.2) is 78.9 Å². The van der Waals surface area contributed by atoms with Gasteiger partial charge in [-0.3, -0.25) is 0 Å². The van der Waals surface area contributed by atoms with Crippen molar-refractivity contribution in [2.75, 3.05) is 0 Å². The van der Waals surface area contributed by atoms with Gasteiger partial charge in [-0.1, -0.05) is 73.7 Å². The average molecular weight is 488 g/mol. The maximum atomic E-state index is 15.1. The SMILES string of the molecule is CCc1ccc2c(c1)C1(c3cc(F)ccc3-2)c2ccccc2-c2cccc(B3OC(C)(C)C(C)(C)O3)c21. The highest BCUT2D eigenvalue weighted by Crippen LogP contribution is 2.62. The molecule has 0 amide bonds. The van der Waals surface area contributed by atoms with E-state index >= 15 is 4.39 Å². The monoisotopic (exact) mass is 488 g/mol. The Hall–Kier alpha value is -3.21. The lowest BCUT2D eigenvalue weighted by Gasteiger charge is -2.33. The van der Waals surface area contributed by atoms with E-state index in [4.69, 9.17) is 9.31 Å². The first-order chi connectivity index (χ1) is 17.7. The van der Waals surface area contributed by atoms with Gasteiger partial charge in [0.2, 0.25) is 0 Å². The fraction of sp³-hybridized carbons (Fsp3) is 0.273. The summed E-state index contributed by atoms with van der Waals surface area (Å²) >= 11 is 0. The molecule has 3 aliphatic rings. The van der Waals surface area contributed by atoms with Crippen molar-refractivity contribution >= 4 is 12.6 Å². The number of fused-ring (bicyclic) bond motifs is 10. The average Bonchev–Trinajstić information content (AvgIpc) is 3.42. The van der Waals surface area contributed by atoms with Gasteiger partial charge >= 0.3 is 7.12 Å². The Morgan fingerprint density at radius 2 is 1.30 bits per heavy atom. The molecule has 0 N–H and O–H groups in total. The van der Waals surface area contributed by atoms with Gasteiger partial charge in [0.25, 0.3) is 0 Å². The zero-order chi connectivity index (χ0) is 25.7. The van der Waals surface area contributed by atoms with Gasteiger partial charge in [0.1, 0.15) is 5.82 Å². The quantitative estimate of drug-likeness (QED) is 0.244. The summed E-state index contributed by atoms with van der Waals surface area (Å²) in [5.74, 6) is -0.222. The third-order valence-electron chi connectivity index (χ3n) is 9.17. The van der Waals surface area contributed by atoms with E-state index in [0.29, 0.717) is 0 Å². The van der Waals surface area contributed by atoms with Crippen molar-refractivity contribution in [1.82, 2.24) is 0 Å². The van der Waals surface area contributed by atoms with Crippen LogP contribution >= 0.6 is 0 Å². The maximum Gasteiger partial charge on any atom is 0.495 e. The second-order valence-corrected chi connectivity index (χ2v) is 11.6. The van der Waals surface area contributed by atoms with Crippen LogP contribution in [0.3, 0.4) is 0 Å². The molecule has 1 heterocycles. The zero-order valence-corrected chi connectivity index (χ0v) is 22.0. The summed E-state index contributed by atoms with van der Waals surface area (Å²) in [6, 6.07) is 27.0. The Balaban J connectivity index is 1.62. The molecule has 1 fully saturated rings. The molecule has 0 aromatic heterocycles. The van der Waals surface area contributed by atoms with Crippen molar-refractivity contribution < 1.29 is 13.7 Å². The number of hydrogen-bond donors (Lipinski definition) is 0. The van der Waals surface area contributed by atoms with Crippen LogP contribution in [0.5, 0.6) is 0 Å². The first kappa shape index (κ1) is 23.0. The van der Waals surface area contributed by atoms with Crippen molar-refractivity contribution in [2.45, 2.75) is 57.7 Å². The highest BCUT2D eigenvalue weighted by atomic mass is 19.1. The standard InChI is InChI=1S/C33H30BFO2/c1-6-20-14-16-23-24-17-15-21(35)19-28(24)33(27(23)18-20)26-12-8-7-10-22(26)25-11-9-13-29(30(25)33)34-36-31(2,3)32(4,5)37-34/h7-19H,6H2,1-5H3. The van der Waals surface area contributed by atoms with Gasteiger partial charge in [-0.25, -0.2) is 4.39 Å². The number of aryl methyl sites for hydroxylation is 1. The summed E-state index contributed by atoms with van der Waals surface area (Å²) < 4.78 is 28.3. The molecule has 7 rings (SSSR count). The number of halogens is 1. The number of hydrogen-bond acceptors (Lipinski definition) is 2. The van der Waals surface area contributed by atoms with Crippen LogP contribution in [0.1, 0.15) is 62.4 Å². The third-order valence-corrected chi connectivity index (χ3v) is 9.17. The predicted octanol–water partition coefficient (Wildman–Crippen LogP) is 7.03. The molecule has 2 aliphatic carbocycles. The maximum absolute atomic E-state index is 15.1. The zero-order valence-electron chi connectivity index (χ0n) is 22.0. The van der Waals surface area contributed by atoms with Crippen LogP contribution in [-0.2, 0) is 21.1 Å². The molecule has 1 unspecified atom stereocenters. The van der Waals surface area contributed by atoms with Crippen LogP contribution < -0.4 is 5.46 Å². The Morgan fingerprint density at radius 3 is 2.03 bits per heavy atom. The molecule has 4 aromatic rings. The molecule has 0 bridgehead atoms. The van der Waals surface area contributed by atoms with Crippen molar-refractivity contribution in [3.63, 3.8) is 0 Å². The minimum Gasteiger partial charge on any atom is -0.399 e. The largest absolute Gasteiger partial charge is 0.495 e. The van der Waals surface area contributed by atoms with E-state index in [1.807, 2.05) is 6.07 Å². The number of rotatable bonds is 2. The molecule has 4 aromatic carbocycles. The predicted molar refractivity (Wildman–Crippen MR) is 148 cm³/mol. The van der Waals surface area contributed by atoms with E-state index in [2.05, 4.69) is 95.3 Å². The second-order valence-electron chi connectivity index (χ2n) is 11.6. The van der Waals surface area contributed by atoms with Gasteiger partial charge in [-0.15, -0.1) is 0 Å². The van der Waals surface area contributed by atoms with E-state index < -0.39 is 23.7 Å². The molecule has 4 heteroatoms. The normalized spacial score (nSPS) is 21.6. The minimum atomic E-state index is -0.649. The van der Waals surface area contributed by atoms with Gasteiger partial charge < -0.3 is 9.31 Å². The Labute approximate surface area is 218 Å². The molecule has 0 radical (unpaired) electrons. The summed E-state index contributed by atoms with van der Waals surface area (Å²) in [6.07, 6.45) is 0.932. The molecule has 1 saturated heterocycles. The summed E-state index contributed by atoms with van der Waals surface area (Å²) in [6.45, 7) is 10.5. The Bertz CT molecular complexity index is 1590. The highest BCUT2D eigenvalue weighted by Gasteiger charge is 2.57. The minimum absolute atomic E-state index is 0.222. The fourth-order valence-electron chi connectivity index (χ4n) is 6.68. The van der Waals surface area contributed by atoms with Crippen LogP contribution in [0, 0.1) is 5.82 Å². The lowest BCUT2D eigenvalue weighted by molar-refractivity contribution is 0.00578. The van der Waals surface area contributed by atoms with Gasteiger partial charge in [-0.05, 0) is 102 Å². The van der Waals surface area contributed by atoms with E-state index in [9.17, 15) is 0 Å². The molecule has 37 heavy (non-hydrogen) atoms. The summed E-state index contributed by atoms with van der Waals surface area (Å²) in [7, 11) is -0.526. The summed E-state index contributed by atoms with van der Waals surface area (Å²) in [5.41, 5.74) is 9.83. The lowest BCUT2D eigenvalue weighted by Crippen LogP contribution is -2.42. The molecule has 1 atom stereocenters. The first-order valence-electron chi connectivity index (χ1n) is 13.2. The fourth-order valence-corrected chi connectivity index (χ4v) is 6.68. The van der Waals surface area contributed by atoms with Gasteiger partial charge in [0.15, 0.2) is 0 Å². The van der Waals surface area contributed by atoms with Crippen molar-refractivity contribution in [1.29, 1.82) is 0 Å². The van der Waals surface area contributed by atoms with Crippen LogP contribution in [-0.4, -0.2) is 18.3 Å². The molecular weight excluding hydrogens is 458 g/mol. The topological polar surface area (TPSA) is 18.5 Å². The van der Waals surface area contributed by atoms with E-state index in [-0.39, 0.29) is 5.82 Å². The summed E-state index contributed by atoms with van der Waals surface area (Å²) in [4.78, 5) is 0. The van der Waals surface area contributed by atoms with Crippen LogP contribution in [0.25, 0.3) is 22.3 Å². The number of benzene rings is 4. The van der Waals surface area contributed by atoms with Crippen molar-refractivity contribution in [3.05, 3.63) is 112 Å². The van der Waals surface area contributed by atoms with Crippen LogP contribution in [0.4, 0.5) is 4.39 Å². The third kappa shape index (κ3) is 2.83. The molecule has 2 nitrogen and oxygen atoms in total. The molecule has 1 spiro atoms. The van der Waals surface area contributed by atoms with Gasteiger partial charge in [0, 0.05) is 0 Å². The smallest absolute Gasteiger partial charge is 0.399 e. The summed E-state index contributed by atoms with van der Waals surface area (Å²) in [5, 5.41) is 0. The van der Waals surface area contributed by atoms with Crippen molar-refractivity contribution in [3.8, 4) is 22.3 Å². The second kappa shape index (κ2) is 7.43. The van der Waals surface area contributed by atoms with Crippen LogP contribution in [0.2, 0.25) is 0 Å². The van der Waals surface area contributed by atoms with Gasteiger partial charge in [0.05, 0.1) is 16.6 Å². The molecule has 0 saturated carbocycles.